The molecule has 1 unspecified atom stereocenters. The van der Waals surface area contributed by atoms with Crippen molar-refractivity contribution in [1.29, 1.82) is 0 Å². The minimum absolute atomic E-state index is 0.0863. The van der Waals surface area contributed by atoms with Gasteiger partial charge in [0, 0.05) is 5.54 Å². The minimum Gasteiger partial charge on any atom is -0.297 e. The van der Waals surface area contributed by atoms with Crippen LogP contribution in [0.5, 0.6) is 0 Å². The fourth-order valence-electron chi connectivity index (χ4n) is 2.23. The summed E-state index contributed by atoms with van der Waals surface area (Å²) >= 11 is 0. The first-order chi connectivity index (χ1) is 6.76. The molecular weight excluding hydrogens is 170 g/mol. The molecule has 0 aliphatic heterocycles. The molecule has 0 bridgehead atoms. The molecule has 1 atom stereocenters. The van der Waals surface area contributed by atoms with Gasteiger partial charge in [-0.2, -0.15) is 0 Å². The first-order valence-corrected chi connectivity index (χ1v) is 5.03. The van der Waals surface area contributed by atoms with Crippen LogP contribution in [-0.4, -0.2) is 6.54 Å². The number of terminal acetylenes is 1. The predicted molar refractivity (Wildman–Crippen MR) is 59.0 cm³/mol. The third-order valence-electron chi connectivity index (χ3n) is 3.09. The maximum absolute atomic E-state index is 5.27. The van der Waals surface area contributed by atoms with Gasteiger partial charge < -0.3 is 0 Å². The molecule has 1 aliphatic carbocycles. The second-order valence-corrected chi connectivity index (χ2v) is 4.05. The smallest absolute Gasteiger partial charge is 0.0580 e. The van der Waals surface area contributed by atoms with Crippen LogP contribution in [0.2, 0.25) is 0 Å². The van der Waals surface area contributed by atoms with Crippen LogP contribution in [0.25, 0.3) is 0 Å². The van der Waals surface area contributed by atoms with Crippen molar-refractivity contribution in [2.24, 2.45) is 0 Å². The lowest BCUT2D eigenvalue weighted by Gasteiger charge is -2.26. The lowest BCUT2D eigenvalue weighted by molar-refractivity contribution is 0.385. The van der Waals surface area contributed by atoms with Crippen molar-refractivity contribution < 1.29 is 0 Å². The lowest BCUT2D eigenvalue weighted by atomic mass is 9.94. The van der Waals surface area contributed by atoms with E-state index in [2.05, 4.69) is 42.4 Å². The van der Waals surface area contributed by atoms with Gasteiger partial charge in [0.25, 0.3) is 0 Å². The Bertz CT molecular complexity index is 375. The van der Waals surface area contributed by atoms with Crippen LogP contribution in [0.15, 0.2) is 24.3 Å². The molecule has 0 heterocycles. The topological polar surface area (TPSA) is 12.0 Å². The molecule has 1 aromatic carbocycles. The predicted octanol–water partition coefficient (Wildman–Crippen LogP) is 2.07. The van der Waals surface area contributed by atoms with Crippen LogP contribution in [0.3, 0.4) is 0 Å². The quantitative estimate of drug-likeness (QED) is 0.695. The van der Waals surface area contributed by atoms with E-state index in [1.807, 2.05) is 0 Å². The molecule has 0 spiro atoms. The molecule has 0 amide bonds. The minimum atomic E-state index is 0.0863. The first kappa shape index (κ1) is 9.30. The van der Waals surface area contributed by atoms with Gasteiger partial charge in [0.1, 0.15) is 0 Å². The van der Waals surface area contributed by atoms with Gasteiger partial charge in [-0.1, -0.05) is 30.2 Å². The third-order valence-corrected chi connectivity index (χ3v) is 3.09. The third kappa shape index (κ3) is 1.42. The van der Waals surface area contributed by atoms with Crippen molar-refractivity contribution in [2.75, 3.05) is 6.54 Å². The standard InChI is InChI=1S/C13H15N/c1-3-10-14-13(2)9-8-11-6-4-5-7-12(11)13/h1,4-7,14H,8-10H2,2H3. The molecule has 0 aromatic heterocycles. The number of fused-ring (bicyclic) bond motifs is 1. The average Bonchev–Trinajstić information content (AvgIpc) is 2.55. The molecule has 0 saturated heterocycles. The molecule has 72 valence electrons. The van der Waals surface area contributed by atoms with Gasteiger partial charge >= 0.3 is 0 Å². The highest BCUT2D eigenvalue weighted by Gasteiger charge is 2.32. The van der Waals surface area contributed by atoms with Gasteiger partial charge in [-0.15, -0.1) is 6.42 Å². The SMILES string of the molecule is C#CCNC1(C)CCc2ccccc21. The Balaban J connectivity index is 2.29. The molecule has 1 aromatic rings. The molecular formula is C13H15N. The summed E-state index contributed by atoms with van der Waals surface area (Å²) in [6.07, 6.45) is 7.58. The highest BCUT2D eigenvalue weighted by molar-refractivity contribution is 5.38. The number of benzene rings is 1. The Morgan fingerprint density at radius 2 is 2.29 bits per heavy atom. The highest BCUT2D eigenvalue weighted by atomic mass is 15.0. The van der Waals surface area contributed by atoms with Crippen molar-refractivity contribution in [3.8, 4) is 12.3 Å². The number of nitrogens with one attached hydrogen (secondary N) is 1. The van der Waals surface area contributed by atoms with Gasteiger partial charge in [0.05, 0.1) is 6.54 Å². The highest BCUT2D eigenvalue weighted by Crippen LogP contribution is 2.35. The Morgan fingerprint density at radius 1 is 1.50 bits per heavy atom. The Morgan fingerprint density at radius 3 is 3.07 bits per heavy atom. The summed E-state index contributed by atoms with van der Waals surface area (Å²) in [6.45, 7) is 2.88. The van der Waals surface area contributed by atoms with Crippen molar-refractivity contribution in [3.63, 3.8) is 0 Å². The molecule has 0 fully saturated rings. The molecule has 1 N–H and O–H groups in total. The maximum atomic E-state index is 5.27. The van der Waals surface area contributed by atoms with Crippen molar-refractivity contribution in [2.45, 2.75) is 25.3 Å². The summed E-state index contributed by atoms with van der Waals surface area (Å²) in [5, 5.41) is 3.43. The van der Waals surface area contributed by atoms with Crippen molar-refractivity contribution in [1.82, 2.24) is 5.32 Å². The largest absolute Gasteiger partial charge is 0.297 e. The monoisotopic (exact) mass is 185 g/mol. The number of rotatable bonds is 2. The Hall–Kier alpha value is -1.26. The van der Waals surface area contributed by atoms with E-state index in [1.54, 1.807) is 0 Å². The molecule has 1 heteroatoms. The van der Waals surface area contributed by atoms with Gasteiger partial charge in [0.15, 0.2) is 0 Å². The number of aryl methyl sites for hydroxylation is 1. The van der Waals surface area contributed by atoms with Crippen LogP contribution in [0.4, 0.5) is 0 Å². The number of hydrogen-bond donors (Lipinski definition) is 1. The lowest BCUT2D eigenvalue weighted by Crippen LogP contribution is -2.37. The van der Waals surface area contributed by atoms with E-state index >= 15 is 0 Å². The van der Waals surface area contributed by atoms with E-state index in [9.17, 15) is 0 Å². The van der Waals surface area contributed by atoms with Crippen LogP contribution in [-0.2, 0) is 12.0 Å². The summed E-state index contributed by atoms with van der Waals surface area (Å²) in [6, 6.07) is 8.61. The Labute approximate surface area is 85.5 Å². The van der Waals surface area contributed by atoms with Crippen molar-refractivity contribution >= 4 is 0 Å². The molecule has 1 aliphatic rings. The summed E-state index contributed by atoms with van der Waals surface area (Å²) < 4.78 is 0. The zero-order valence-corrected chi connectivity index (χ0v) is 8.51. The fourth-order valence-corrected chi connectivity index (χ4v) is 2.23. The summed E-state index contributed by atoms with van der Waals surface area (Å²) in [5.74, 6) is 2.64. The van der Waals surface area contributed by atoms with Crippen LogP contribution < -0.4 is 5.32 Å². The van der Waals surface area contributed by atoms with E-state index in [0.29, 0.717) is 6.54 Å². The second-order valence-electron chi connectivity index (χ2n) is 4.05. The van der Waals surface area contributed by atoms with E-state index in [4.69, 9.17) is 6.42 Å². The Kier molecular flexibility index (Phi) is 2.31. The average molecular weight is 185 g/mol. The summed E-state index contributed by atoms with van der Waals surface area (Å²) in [5.41, 5.74) is 2.96. The van der Waals surface area contributed by atoms with E-state index in [1.165, 1.54) is 11.1 Å². The zero-order valence-electron chi connectivity index (χ0n) is 8.51. The molecule has 0 saturated carbocycles. The van der Waals surface area contributed by atoms with Crippen LogP contribution >= 0.6 is 0 Å². The molecule has 1 nitrogen and oxygen atoms in total. The van der Waals surface area contributed by atoms with E-state index < -0.39 is 0 Å². The van der Waals surface area contributed by atoms with Gasteiger partial charge in [-0.25, -0.2) is 0 Å². The fraction of sp³-hybridized carbons (Fsp3) is 0.385. The first-order valence-electron chi connectivity index (χ1n) is 5.03. The van der Waals surface area contributed by atoms with E-state index in [-0.39, 0.29) is 5.54 Å². The second kappa shape index (κ2) is 3.48. The van der Waals surface area contributed by atoms with Crippen molar-refractivity contribution in [3.05, 3.63) is 35.4 Å². The maximum Gasteiger partial charge on any atom is 0.0580 e. The number of hydrogen-bond acceptors (Lipinski definition) is 1. The van der Waals surface area contributed by atoms with Gasteiger partial charge in [-0.3, -0.25) is 5.32 Å². The van der Waals surface area contributed by atoms with Crippen LogP contribution in [0, 0.1) is 12.3 Å². The van der Waals surface area contributed by atoms with E-state index in [0.717, 1.165) is 12.8 Å². The van der Waals surface area contributed by atoms with Crippen LogP contribution in [0.1, 0.15) is 24.5 Å². The molecule has 0 radical (unpaired) electrons. The molecule has 2 rings (SSSR count). The molecule has 14 heavy (non-hydrogen) atoms. The summed E-state index contributed by atoms with van der Waals surface area (Å²) in [7, 11) is 0. The zero-order chi connectivity index (χ0) is 10.0. The summed E-state index contributed by atoms with van der Waals surface area (Å²) in [4.78, 5) is 0. The normalized spacial score (nSPS) is 24.3. The van der Waals surface area contributed by atoms with Gasteiger partial charge in [0.2, 0.25) is 0 Å². The van der Waals surface area contributed by atoms with Gasteiger partial charge in [-0.05, 0) is 30.9 Å².